The van der Waals surface area contributed by atoms with Crippen LogP contribution < -0.4 is 4.74 Å². The highest BCUT2D eigenvalue weighted by molar-refractivity contribution is 9.10. The van der Waals surface area contributed by atoms with E-state index in [9.17, 15) is 0 Å². The van der Waals surface area contributed by atoms with E-state index >= 15 is 0 Å². The maximum atomic E-state index is 5.87. The Morgan fingerprint density at radius 1 is 0.960 bits per heavy atom. The summed E-state index contributed by atoms with van der Waals surface area (Å²) in [4.78, 5) is 4.66. The zero-order valence-corrected chi connectivity index (χ0v) is 15.7. The fourth-order valence-corrected chi connectivity index (χ4v) is 2.72. The molecule has 0 fully saturated rings. The molecule has 3 rings (SSSR count). The van der Waals surface area contributed by atoms with E-state index in [0.29, 0.717) is 6.61 Å². The van der Waals surface area contributed by atoms with E-state index in [4.69, 9.17) is 4.74 Å². The number of benzene rings is 3. The third-order valence-electron chi connectivity index (χ3n) is 3.91. The largest absolute Gasteiger partial charge is 0.489 e. The molecule has 0 aliphatic carbocycles. The summed E-state index contributed by atoms with van der Waals surface area (Å²) in [7, 11) is 0. The second-order valence-electron chi connectivity index (χ2n) is 5.85. The lowest BCUT2D eigenvalue weighted by Gasteiger charge is -2.08. The third kappa shape index (κ3) is 5.30. The average Bonchev–Trinajstić information content (AvgIpc) is 2.66. The molecule has 3 aromatic carbocycles. The highest BCUT2D eigenvalue weighted by Gasteiger charge is 2.02. The van der Waals surface area contributed by atoms with Crippen LogP contribution in [0.25, 0.3) is 0 Å². The van der Waals surface area contributed by atoms with E-state index in [1.165, 1.54) is 5.56 Å². The smallest absolute Gasteiger partial charge is 0.120 e. The van der Waals surface area contributed by atoms with E-state index in [1.54, 1.807) is 0 Å². The van der Waals surface area contributed by atoms with E-state index in [1.807, 2.05) is 60.8 Å². The predicted octanol–water partition coefficient (Wildman–Crippen LogP) is 6.21. The third-order valence-corrected chi connectivity index (χ3v) is 4.43. The summed E-state index contributed by atoms with van der Waals surface area (Å²) in [5.41, 5.74) is 3.39. The summed E-state index contributed by atoms with van der Waals surface area (Å²) >= 11 is 3.46. The minimum absolute atomic E-state index is 0.113. The summed E-state index contributed by atoms with van der Waals surface area (Å²) < 4.78 is 6.95. The van der Waals surface area contributed by atoms with Crippen molar-refractivity contribution in [1.29, 1.82) is 0 Å². The Balaban J connectivity index is 1.63. The van der Waals surface area contributed by atoms with Gasteiger partial charge in [-0.3, -0.25) is 4.99 Å². The van der Waals surface area contributed by atoms with Crippen molar-refractivity contribution in [2.75, 3.05) is 0 Å². The monoisotopic (exact) mass is 393 g/mol. The van der Waals surface area contributed by atoms with Gasteiger partial charge in [-0.2, -0.15) is 0 Å². The van der Waals surface area contributed by atoms with Crippen LogP contribution in [0.15, 0.2) is 88.3 Å². The molecule has 0 aliphatic heterocycles. The number of rotatable bonds is 6. The molecule has 3 heteroatoms. The minimum Gasteiger partial charge on any atom is -0.489 e. The van der Waals surface area contributed by atoms with E-state index in [-0.39, 0.29) is 6.04 Å². The summed E-state index contributed by atoms with van der Waals surface area (Å²) in [6.45, 7) is 2.66. The highest BCUT2D eigenvalue weighted by atomic mass is 79.9. The van der Waals surface area contributed by atoms with Gasteiger partial charge in [0.1, 0.15) is 12.4 Å². The molecule has 0 bridgehead atoms. The summed E-state index contributed by atoms with van der Waals surface area (Å²) in [5.74, 6) is 0.851. The molecule has 1 atom stereocenters. The molecule has 0 radical (unpaired) electrons. The Bertz CT molecular complexity index is 828. The molecule has 25 heavy (non-hydrogen) atoms. The average molecular weight is 394 g/mol. The number of hydrogen-bond acceptors (Lipinski definition) is 2. The summed E-state index contributed by atoms with van der Waals surface area (Å²) in [5, 5.41) is 0. The number of ether oxygens (including phenoxy) is 1. The van der Waals surface area contributed by atoms with Crippen LogP contribution in [0, 0.1) is 0 Å². The molecule has 0 aromatic heterocycles. The fraction of sp³-hybridized carbons (Fsp3) is 0.136. The molecule has 0 saturated carbocycles. The minimum atomic E-state index is 0.113. The fourth-order valence-electron chi connectivity index (χ4n) is 2.45. The van der Waals surface area contributed by atoms with Crippen LogP contribution >= 0.6 is 15.9 Å². The van der Waals surface area contributed by atoms with Gasteiger partial charge in [0, 0.05) is 10.7 Å². The van der Waals surface area contributed by atoms with Crippen molar-refractivity contribution in [3.8, 4) is 5.75 Å². The molecule has 3 aromatic rings. The molecule has 0 spiro atoms. The van der Waals surface area contributed by atoms with E-state index in [0.717, 1.165) is 21.3 Å². The lowest BCUT2D eigenvalue weighted by Crippen LogP contribution is -1.96. The van der Waals surface area contributed by atoms with Crippen molar-refractivity contribution in [3.63, 3.8) is 0 Å². The van der Waals surface area contributed by atoms with Gasteiger partial charge in [-0.1, -0.05) is 70.5 Å². The molecule has 0 aliphatic rings. The first-order valence-corrected chi connectivity index (χ1v) is 9.05. The lowest BCUT2D eigenvalue weighted by atomic mass is 10.1. The van der Waals surface area contributed by atoms with Crippen molar-refractivity contribution in [1.82, 2.24) is 0 Å². The highest BCUT2D eigenvalue weighted by Crippen LogP contribution is 2.20. The first-order valence-electron chi connectivity index (χ1n) is 8.26. The summed E-state index contributed by atoms with van der Waals surface area (Å²) in [6, 6.07) is 26.6. The van der Waals surface area contributed by atoms with Gasteiger partial charge in [0.15, 0.2) is 0 Å². The maximum absolute atomic E-state index is 5.87. The maximum Gasteiger partial charge on any atom is 0.120 e. The molecule has 0 amide bonds. The topological polar surface area (TPSA) is 21.6 Å². The van der Waals surface area contributed by atoms with Gasteiger partial charge in [0.25, 0.3) is 0 Å². The van der Waals surface area contributed by atoms with Crippen LogP contribution in [0.5, 0.6) is 5.75 Å². The van der Waals surface area contributed by atoms with Crippen molar-refractivity contribution in [2.45, 2.75) is 19.6 Å². The molecule has 126 valence electrons. The van der Waals surface area contributed by atoms with E-state index in [2.05, 4.69) is 52.1 Å². The van der Waals surface area contributed by atoms with Gasteiger partial charge in [0.05, 0.1) is 6.04 Å². The van der Waals surface area contributed by atoms with Crippen LogP contribution in [0.2, 0.25) is 0 Å². The molecule has 1 unspecified atom stereocenters. The van der Waals surface area contributed by atoms with E-state index < -0.39 is 0 Å². The molecule has 0 N–H and O–H groups in total. The SMILES string of the molecule is CC(N=Cc1cccc(OCc2ccccc2)c1)c1ccc(Br)cc1. The van der Waals surface area contributed by atoms with Gasteiger partial charge in [-0.05, 0) is 47.9 Å². The molecular weight excluding hydrogens is 374 g/mol. The number of hydrogen-bond donors (Lipinski definition) is 0. The first-order chi connectivity index (χ1) is 12.2. The zero-order valence-electron chi connectivity index (χ0n) is 14.1. The van der Waals surface area contributed by atoms with Crippen molar-refractivity contribution < 1.29 is 4.74 Å². The normalized spacial score (nSPS) is 12.2. The van der Waals surface area contributed by atoms with Crippen molar-refractivity contribution in [2.24, 2.45) is 4.99 Å². The van der Waals surface area contributed by atoms with Crippen LogP contribution in [0.4, 0.5) is 0 Å². The van der Waals surface area contributed by atoms with Crippen molar-refractivity contribution >= 4 is 22.1 Å². The number of aliphatic imine (C=N–C) groups is 1. The number of nitrogens with zero attached hydrogens (tertiary/aromatic N) is 1. The Morgan fingerprint density at radius 2 is 1.72 bits per heavy atom. The van der Waals surface area contributed by atoms with Gasteiger partial charge in [-0.25, -0.2) is 0 Å². The second-order valence-corrected chi connectivity index (χ2v) is 6.77. The predicted molar refractivity (Wildman–Crippen MR) is 107 cm³/mol. The van der Waals surface area contributed by atoms with Crippen LogP contribution in [0.3, 0.4) is 0 Å². The second kappa shape index (κ2) is 8.63. The molecule has 0 saturated heterocycles. The van der Waals surface area contributed by atoms with Gasteiger partial charge in [0.2, 0.25) is 0 Å². The Morgan fingerprint density at radius 3 is 2.48 bits per heavy atom. The standard InChI is InChI=1S/C22H20BrNO/c1-17(20-10-12-21(23)13-11-20)24-15-19-8-5-9-22(14-19)25-16-18-6-3-2-4-7-18/h2-15,17H,16H2,1H3. The van der Waals surface area contributed by atoms with Crippen LogP contribution in [-0.2, 0) is 6.61 Å². The Kier molecular flexibility index (Phi) is 6.02. The molecule has 2 nitrogen and oxygen atoms in total. The lowest BCUT2D eigenvalue weighted by molar-refractivity contribution is 0.306. The number of halogens is 1. The Hall–Kier alpha value is -2.39. The zero-order chi connectivity index (χ0) is 17.5. The molecule has 0 heterocycles. The van der Waals surface area contributed by atoms with Crippen LogP contribution in [-0.4, -0.2) is 6.21 Å². The quantitative estimate of drug-likeness (QED) is 0.456. The first kappa shape index (κ1) is 17.4. The van der Waals surface area contributed by atoms with Crippen LogP contribution in [0.1, 0.15) is 29.7 Å². The summed E-state index contributed by atoms with van der Waals surface area (Å²) in [6.07, 6.45) is 1.90. The van der Waals surface area contributed by atoms with Gasteiger partial charge >= 0.3 is 0 Å². The molecular formula is C22H20BrNO. The van der Waals surface area contributed by atoms with Gasteiger partial charge < -0.3 is 4.74 Å². The van der Waals surface area contributed by atoms with Gasteiger partial charge in [-0.15, -0.1) is 0 Å². The Labute approximate surface area is 157 Å². The van der Waals surface area contributed by atoms with Crippen molar-refractivity contribution in [3.05, 3.63) is 100 Å².